The Labute approximate surface area is 360 Å². The van der Waals surface area contributed by atoms with Gasteiger partial charge in [-0.3, -0.25) is 9.59 Å². The Balaban J connectivity index is 1.09. The molecule has 6 heteroatoms. The van der Waals surface area contributed by atoms with Gasteiger partial charge in [0, 0.05) is 22.5 Å². The van der Waals surface area contributed by atoms with Crippen LogP contribution in [0.25, 0.3) is 0 Å². The Bertz CT molecular complexity index is 2730. The van der Waals surface area contributed by atoms with E-state index in [0.29, 0.717) is 11.1 Å². The summed E-state index contributed by atoms with van der Waals surface area (Å²) < 4.78 is 0. The third-order valence-electron chi connectivity index (χ3n) is 12.5. The minimum Gasteiger partial charge on any atom is -0.346 e. The third-order valence-corrected chi connectivity index (χ3v) is 17.5. The van der Waals surface area contributed by atoms with Gasteiger partial charge in [-0.1, -0.05) is 206 Å². The lowest BCUT2D eigenvalue weighted by molar-refractivity contribution is 0.0830. The Hall–Kier alpha value is -6.44. The fourth-order valence-electron chi connectivity index (χ4n) is 9.80. The number of carbonyl (C=O) groups excluding carboxylic acids is 2. The van der Waals surface area contributed by atoms with Crippen LogP contribution in [0.15, 0.2) is 218 Å². The van der Waals surface area contributed by atoms with Crippen LogP contribution >= 0.6 is 15.8 Å². The molecule has 2 bridgehead atoms. The van der Waals surface area contributed by atoms with Gasteiger partial charge in [0.2, 0.25) is 0 Å². The molecule has 3 aliphatic carbocycles. The highest BCUT2D eigenvalue weighted by molar-refractivity contribution is 7.80. The van der Waals surface area contributed by atoms with E-state index in [-0.39, 0.29) is 17.7 Å². The van der Waals surface area contributed by atoms with Crippen molar-refractivity contribution in [3.8, 4) is 0 Å². The smallest absolute Gasteiger partial charge is 0.252 e. The number of fused-ring (bicyclic) bond motifs is 1. The fourth-order valence-corrected chi connectivity index (χ4v) is 14.7. The maximum atomic E-state index is 15.3. The molecule has 0 fully saturated rings. The van der Waals surface area contributed by atoms with Crippen LogP contribution in [0, 0.1) is 0 Å². The van der Waals surface area contributed by atoms with Gasteiger partial charge in [-0.05, 0) is 89.0 Å². The van der Waals surface area contributed by atoms with Crippen molar-refractivity contribution in [2.24, 2.45) is 0 Å². The van der Waals surface area contributed by atoms with E-state index in [4.69, 9.17) is 0 Å². The average molecular weight is 827 g/mol. The lowest BCUT2D eigenvalue weighted by Crippen LogP contribution is -2.68. The van der Waals surface area contributed by atoms with Gasteiger partial charge in [0.25, 0.3) is 11.8 Å². The quantitative estimate of drug-likeness (QED) is 0.136. The Morgan fingerprint density at radius 3 is 1.15 bits per heavy atom. The van der Waals surface area contributed by atoms with Gasteiger partial charge in [-0.15, -0.1) is 0 Å². The Kier molecular flexibility index (Phi) is 10.5. The molecule has 2 atom stereocenters. The first kappa shape index (κ1) is 38.7. The van der Waals surface area contributed by atoms with Gasteiger partial charge in [0.05, 0.1) is 12.1 Å². The van der Waals surface area contributed by atoms with Crippen LogP contribution in [0.4, 0.5) is 0 Å². The molecule has 0 aliphatic heterocycles. The molecule has 0 heterocycles. The fraction of sp³-hybridized carbons (Fsp3) is 0.0909. The number of amides is 2. The third kappa shape index (κ3) is 6.91. The lowest BCUT2D eigenvalue weighted by Gasteiger charge is -2.56. The molecule has 2 amide bonds. The predicted molar refractivity (Wildman–Crippen MR) is 254 cm³/mol. The van der Waals surface area contributed by atoms with Crippen molar-refractivity contribution in [1.82, 2.24) is 10.6 Å². The van der Waals surface area contributed by atoms with Crippen LogP contribution in [-0.2, 0) is 5.41 Å². The van der Waals surface area contributed by atoms with Crippen LogP contribution in [-0.4, -0.2) is 23.9 Å². The van der Waals surface area contributed by atoms with E-state index in [9.17, 15) is 0 Å². The molecule has 0 radical (unpaired) electrons. The monoisotopic (exact) mass is 826 g/mol. The molecular weight excluding hydrogens is 783 g/mol. The second-order valence-electron chi connectivity index (χ2n) is 15.9. The minimum atomic E-state index is -1.06. The van der Waals surface area contributed by atoms with Crippen LogP contribution < -0.4 is 42.5 Å². The van der Waals surface area contributed by atoms with Crippen LogP contribution in [0.5, 0.6) is 0 Å². The summed E-state index contributed by atoms with van der Waals surface area (Å²) in [6.07, 6.45) is 0. The summed E-state index contributed by atoms with van der Waals surface area (Å²) in [6, 6.07) is 74.3. The van der Waals surface area contributed by atoms with Gasteiger partial charge < -0.3 is 10.6 Å². The molecule has 0 saturated carbocycles. The van der Waals surface area contributed by atoms with E-state index >= 15 is 9.59 Å². The maximum absolute atomic E-state index is 15.3. The molecule has 11 rings (SSSR count). The van der Waals surface area contributed by atoms with Crippen molar-refractivity contribution in [3.63, 3.8) is 0 Å². The molecule has 2 N–H and O–H groups in total. The summed E-state index contributed by atoms with van der Waals surface area (Å²) in [4.78, 5) is 30.5. The Morgan fingerprint density at radius 1 is 0.410 bits per heavy atom. The molecule has 8 aromatic carbocycles. The standard InChI is InChI=1S/C55H44N2O2P2/c1-55-46-34-18-14-30-42(46)50(43-31-15-19-35-47(43)55)51(56-53(58)44-32-16-20-36-48(44)60(38-22-6-2-7-23-38)39-24-8-3-9-25-39)52(55)57-54(59)45-33-17-21-37-49(45)61(40-26-10-4-11-27-40)41-28-12-5-13-29-41/h2-37,50-52H,1H3,(H,56,58)(H,57,59)/t50?,51-,52+,55?/m1/s1. The molecule has 296 valence electrons. The van der Waals surface area contributed by atoms with E-state index in [1.165, 1.54) is 43.5 Å². The summed E-state index contributed by atoms with van der Waals surface area (Å²) in [7, 11) is -2.11. The van der Waals surface area contributed by atoms with Crippen molar-refractivity contribution in [3.05, 3.63) is 252 Å². The van der Waals surface area contributed by atoms with Gasteiger partial charge in [0.15, 0.2) is 0 Å². The molecule has 4 nitrogen and oxygen atoms in total. The van der Waals surface area contributed by atoms with Crippen LogP contribution in [0.1, 0.15) is 55.8 Å². The van der Waals surface area contributed by atoms with Gasteiger partial charge in [-0.2, -0.15) is 0 Å². The highest BCUT2D eigenvalue weighted by Crippen LogP contribution is 2.56. The SMILES string of the molecule is CC12c3ccccc3C(c3ccccc31)[C@@H](NC(=O)c1ccccc1P(c1ccccc1)c1ccccc1)[C@@H]2NC(=O)c1ccccc1P(c1ccccc1)c1ccccc1. The molecule has 0 unspecified atom stereocenters. The summed E-state index contributed by atoms with van der Waals surface area (Å²) in [5, 5.41) is 13.9. The lowest BCUT2D eigenvalue weighted by atomic mass is 9.51. The van der Waals surface area contributed by atoms with Gasteiger partial charge in [-0.25, -0.2) is 0 Å². The first-order chi connectivity index (χ1) is 30.0. The van der Waals surface area contributed by atoms with E-state index in [0.717, 1.165) is 10.6 Å². The van der Waals surface area contributed by atoms with E-state index < -0.39 is 33.3 Å². The summed E-state index contributed by atoms with van der Waals surface area (Å²) in [6.45, 7) is 2.24. The van der Waals surface area contributed by atoms with Crippen molar-refractivity contribution >= 4 is 59.5 Å². The first-order valence-electron chi connectivity index (χ1n) is 20.8. The zero-order valence-electron chi connectivity index (χ0n) is 33.7. The second-order valence-corrected chi connectivity index (χ2v) is 20.2. The highest BCUT2D eigenvalue weighted by Gasteiger charge is 2.57. The largest absolute Gasteiger partial charge is 0.346 e. The van der Waals surface area contributed by atoms with Crippen molar-refractivity contribution < 1.29 is 9.59 Å². The van der Waals surface area contributed by atoms with Crippen molar-refractivity contribution in [2.75, 3.05) is 0 Å². The number of carbonyl (C=O) groups is 2. The van der Waals surface area contributed by atoms with Gasteiger partial charge in [0.1, 0.15) is 0 Å². The van der Waals surface area contributed by atoms with Crippen molar-refractivity contribution in [2.45, 2.75) is 30.3 Å². The Morgan fingerprint density at radius 2 is 0.738 bits per heavy atom. The zero-order valence-corrected chi connectivity index (χ0v) is 35.5. The molecule has 61 heavy (non-hydrogen) atoms. The van der Waals surface area contributed by atoms with E-state index in [1.54, 1.807) is 0 Å². The number of hydrogen-bond acceptors (Lipinski definition) is 2. The number of nitrogens with one attached hydrogen (secondary N) is 2. The molecule has 0 spiro atoms. The summed E-state index contributed by atoms with van der Waals surface area (Å²) >= 11 is 0. The van der Waals surface area contributed by atoms with E-state index in [2.05, 4.69) is 175 Å². The van der Waals surface area contributed by atoms with Crippen LogP contribution in [0.2, 0.25) is 0 Å². The topological polar surface area (TPSA) is 58.2 Å². The maximum Gasteiger partial charge on any atom is 0.252 e. The predicted octanol–water partition coefficient (Wildman–Crippen LogP) is 8.57. The van der Waals surface area contributed by atoms with Crippen LogP contribution in [0.3, 0.4) is 0 Å². The second kappa shape index (κ2) is 16.5. The summed E-state index contributed by atoms with van der Waals surface area (Å²) in [5.41, 5.74) is 5.34. The number of rotatable bonds is 10. The molecular formula is C55H44N2O2P2. The molecule has 0 saturated heterocycles. The molecule has 0 aromatic heterocycles. The molecule has 8 aromatic rings. The minimum absolute atomic E-state index is 0.151. The first-order valence-corrected chi connectivity index (χ1v) is 23.5. The highest BCUT2D eigenvalue weighted by atomic mass is 31.1. The summed E-state index contributed by atoms with van der Waals surface area (Å²) in [5.74, 6) is -0.496. The van der Waals surface area contributed by atoms with E-state index in [1.807, 2.05) is 60.7 Å². The zero-order chi connectivity index (χ0) is 41.3. The van der Waals surface area contributed by atoms with Gasteiger partial charge >= 0.3 is 0 Å². The normalized spacial score (nSPS) is 18.6. The number of benzene rings is 8. The molecule has 3 aliphatic rings. The average Bonchev–Trinajstić information content (AvgIpc) is 3.32. The number of hydrogen-bond donors (Lipinski definition) is 2. The van der Waals surface area contributed by atoms with Crippen molar-refractivity contribution in [1.29, 1.82) is 0 Å².